The fourth-order valence-electron chi connectivity index (χ4n) is 3.60. The Hall–Kier alpha value is -1.55. The highest BCUT2D eigenvalue weighted by Gasteiger charge is 2.41. The van der Waals surface area contributed by atoms with Crippen molar-refractivity contribution < 1.29 is 4.79 Å². The van der Waals surface area contributed by atoms with Crippen LogP contribution in [0.25, 0.3) is 0 Å². The van der Waals surface area contributed by atoms with E-state index in [1.807, 2.05) is 25.1 Å². The van der Waals surface area contributed by atoms with Crippen molar-refractivity contribution in [3.8, 4) is 0 Å². The van der Waals surface area contributed by atoms with Gasteiger partial charge in [0.15, 0.2) is 0 Å². The van der Waals surface area contributed by atoms with Crippen LogP contribution in [0.2, 0.25) is 0 Å². The predicted molar refractivity (Wildman–Crippen MR) is 81.3 cm³/mol. The van der Waals surface area contributed by atoms with Crippen LogP contribution in [0.3, 0.4) is 0 Å². The van der Waals surface area contributed by atoms with Gasteiger partial charge < -0.3 is 10.2 Å². The molecule has 2 heterocycles. The molecule has 108 valence electrons. The maximum atomic E-state index is 12.4. The Morgan fingerprint density at radius 2 is 1.90 bits per heavy atom. The number of rotatable bonds is 0. The van der Waals surface area contributed by atoms with E-state index in [2.05, 4.69) is 23.5 Å². The molecule has 0 bridgehead atoms. The molecule has 1 fully saturated rings. The van der Waals surface area contributed by atoms with Crippen molar-refractivity contribution in [3.05, 3.63) is 29.8 Å². The van der Waals surface area contributed by atoms with Crippen molar-refractivity contribution >= 4 is 11.7 Å². The second-order valence-corrected chi connectivity index (χ2v) is 6.13. The molecule has 0 atom stereocenters. The molecule has 0 aliphatic carbocycles. The Morgan fingerprint density at radius 3 is 2.60 bits per heavy atom. The maximum absolute atomic E-state index is 12.4. The Bertz CT molecular complexity index is 506. The summed E-state index contributed by atoms with van der Waals surface area (Å²) in [6.45, 7) is 2.99. The predicted octanol–water partition coefficient (Wildman–Crippen LogP) is 2.20. The summed E-state index contributed by atoms with van der Waals surface area (Å²) in [5.41, 5.74) is 2.74. The van der Waals surface area contributed by atoms with Gasteiger partial charge in [-0.2, -0.15) is 0 Å². The first-order chi connectivity index (χ1) is 9.64. The third-order valence-electron chi connectivity index (χ3n) is 4.75. The molecule has 4 heteroatoms. The second kappa shape index (κ2) is 5.09. The molecule has 2 aliphatic heterocycles. The van der Waals surface area contributed by atoms with Gasteiger partial charge in [-0.05, 0) is 44.0 Å². The normalized spacial score (nSPS) is 20.6. The molecular formula is C16H23N3O. The molecule has 3 rings (SSSR count). The van der Waals surface area contributed by atoms with E-state index in [4.69, 9.17) is 0 Å². The van der Waals surface area contributed by atoms with Crippen molar-refractivity contribution in [2.75, 3.05) is 38.6 Å². The molecular weight excluding hydrogens is 250 g/mol. The molecule has 0 aromatic heterocycles. The van der Waals surface area contributed by atoms with Gasteiger partial charge >= 0.3 is 6.03 Å². The molecule has 4 nitrogen and oxygen atoms in total. The molecule has 1 aromatic rings. The molecule has 1 spiro atoms. The number of amides is 2. The molecule has 2 aliphatic rings. The number of anilines is 1. The van der Waals surface area contributed by atoms with E-state index in [0.717, 1.165) is 31.7 Å². The van der Waals surface area contributed by atoms with Crippen molar-refractivity contribution in [2.24, 2.45) is 0 Å². The van der Waals surface area contributed by atoms with Crippen LogP contribution in [0, 0.1) is 0 Å². The van der Waals surface area contributed by atoms with Gasteiger partial charge in [0.1, 0.15) is 0 Å². The Balaban J connectivity index is 2.01. The van der Waals surface area contributed by atoms with Crippen LogP contribution in [-0.4, -0.2) is 44.7 Å². The molecule has 20 heavy (non-hydrogen) atoms. The van der Waals surface area contributed by atoms with E-state index in [1.165, 1.54) is 18.4 Å². The number of benzene rings is 1. The number of hydrogen-bond acceptors (Lipinski definition) is 2. The minimum atomic E-state index is 0.0845. The molecule has 2 amide bonds. The van der Waals surface area contributed by atoms with Crippen molar-refractivity contribution in [1.82, 2.24) is 10.2 Å². The largest absolute Gasteiger partial charge is 0.330 e. The lowest BCUT2D eigenvalue weighted by molar-refractivity contribution is 0.218. The Kier molecular flexibility index (Phi) is 3.42. The lowest BCUT2D eigenvalue weighted by atomic mass is 9.68. The van der Waals surface area contributed by atoms with Crippen LogP contribution in [0.1, 0.15) is 24.8 Å². The van der Waals surface area contributed by atoms with Gasteiger partial charge in [0.05, 0.1) is 0 Å². The summed E-state index contributed by atoms with van der Waals surface area (Å²) in [7, 11) is 3.64. The van der Waals surface area contributed by atoms with E-state index in [1.54, 1.807) is 4.90 Å². The minimum Gasteiger partial charge on any atom is -0.330 e. The van der Waals surface area contributed by atoms with Crippen LogP contribution in [0.5, 0.6) is 0 Å². The highest BCUT2D eigenvalue weighted by Crippen LogP contribution is 2.45. The van der Waals surface area contributed by atoms with Gasteiger partial charge in [-0.15, -0.1) is 0 Å². The van der Waals surface area contributed by atoms with Crippen molar-refractivity contribution in [2.45, 2.75) is 24.7 Å². The van der Waals surface area contributed by atoms with E-state index >= 15 is 0 Å². The van der Waals surface area contributed by atoms with Gasteiger partial charge in [-0.25, -0.2) is 4.79 Å². The summed E-state index contributed by atoms with van der Waals surface area (Å²) < 4.78 is 0. The molecule has 0 unspecified atom stereocenters. The van der Waals surface area contributed by atoms with E-state index < -0.39 is 0 Å². The summed E-state index contributed by atoms with van der Waals surface area (Å²) in [4.78, 5) is 16.0. The Labute approximate surface area is 120 Å². The highest BCUT2D eigenvalue weighted by atomic mass is 16.2. The third kappa shape index (κ3) is 2.08. The summed E-state index contributed by atoms with van der Waals surface area (Å²) in [6.07, 6.45) is 3.42. The first-order valence-corrected chi connectivity index (χ1v) is 7.43. The zero-order chi connectivity index (χ0) is 14.2. The van der Waals surface area contributed by atoms with Crippen LogP contribution >= 0.6 is 0 Å². The fraction of sp³-hybridized carbons (Fsp3) is 0.562. The maximum Gasteiger partial charge on any atom is 0.323 e. The number of carbonyl (C=O) groups is 1. The quantitative estimate of drug-likeness (QED) is 0.786. The first-order valence-electron chi connectivity index (χ1n) is 7.43. The Morgan fingerprint density at radius 1 is 1.20 bits per heavy atom. The summed E-state index contributed by atoms with van der Waals surface area (Å²) in [6, 6.07) is 8.54. The van der Waals surface area contributed by atoms with Crippen LogP contribution < -0.4 is 10.2 Å². The number of para-hydroxylation sites is 1. The highest BCUT2D eigenvalue weighted by molar-refractivity contribution is 5.93. The number of carbonyl (C=O) groups excluding carboxylic acids is 1. The second-order valence-electron chi connectivity index (χ2n) is 6.13. The fourth-order valence-corrected chi connectivity index (χ4v) is 3.60. The molecule has 1 saturated heterocycles. The number of urea groups is 1. The number of fused-ring (bicyclic) bond motifs is 2. The smallest absolute Gasteiger partial charge is 0.323 e. The molecule has 1 N–H and O–H groups in total. The van der Waals surface area contributed by atoms with Crippen LogP contribution in [0.4, 0.5) is 10.5 Å². The third-order valence-corrected chi connectivity index (χ3v) is 4.75. The van der Waals surface area contributed by atoms with E-state index in [0.29, 0.717) is 0 Å². The monoisotopic (exact) mass is 273 g/mol. The lowest BCUT2D eigenvalue weighted by Gasteiger charge is -2.46. The minimum absolute atomic E-state index is 0.0845. The van der Waals surface area contributed by atoms with Gasteiger partial charge in [0.25, 0.3) is 0 Å². The zero-order valence-corrected chi connectivity index (χ0v) is 12.4. The average Bonchev–Trinajstić information content (AvgIpc) is 2.48. The summed E-state index contributed by atoms with van der Waals surface area (Å²) >= 11 is 0. The molecule has 0 saturated carbocycles. The SMILES string of the molecule is CN(C)C(=O)N1CCC2(CCNCC2)c2ccccc21. The van der Waals surface area contributed by atoms with Crippen LogP contribution in [-0.2, 0) is 5.41 Å². The topological polar surface area (TPSA) is 35.6 Å². The number of nitrogens with zero attached hydrogens (tertiary/aromatic N) is 2. The zero-order valence-electron chi connectivity index (χ0n) is 12.4. The summed E-state index contributed by atoms with van der Waals surface area (Å²) in [5, 5.41) is 3.45. The van der Waals surface area contributed by atoms with Crippen LogP contribution in [0.15, 0.2) is 24.3 Å². The van der Waals surface area contributed by atoms with Gasteiger partial charge in [-0.1, -0.05) is 18.2 Å². The van der Waals surface area contributed by atoms with Gasteiger partial charge in [-0.3, -0.25) is 4.90 Å². The van der Waals surface area contributed by atoms with Crippen molar-refractivity contribution in [1.29, 1.82) is 0 Å². The van der Waals surface area contributed by atoms with Gasteiger partial charge in [0.2, 0.25) is 0 Å². The number of nitrogens with one attached hydrogen (secondary N) is 1. The molecule has 0 radical (unpaired) electrons. The summed E-state index contributed by atoms with van der Waals surface area (Å²) in [5.74, 6) is 0. The average molecular weight is 273 g/mol. The van der Waals surface area contributed by atoms with E-state index in [9.17, 15) is 4.79 Å². The lowest BCUT2D eigenvalue weighted by Crippen LogP contribution is -2.50. The van der Waals surface area contributed by atoms with Gasteiger partial charge in [0, 0.05) is 31.7 Å². The van der Waals surface area contributed by atoms with E-state index in [-0.39, 0.29) is 11.4 Å². The number of hydrogen-bond donors (Lipinski definition) is 1. The first kappa shape index (κ1) is 13.4. The number of piperidine rings is 1. The standard InChI is InChI=1S/C16H23N3O/c1-18(2)15(20)19-12-9-16(7-10-17-11-8-16)13-5-3-4-6-14(13)19/h3-6,17H,7-12H2,1-2H3. The van der Waals surface area contributed by atoms with Crippen molar-refractivity contribution in [3.63, 3.8) is 0 Å². The molecule has 1 aromatic carbocycles.